The summed E-state index contributed by atoms with van der Waals surface area (Å²) in [5, 5.41) is 18.1. The molecule has 15 heavy (non-hydrogen) atoms. The van der Waals surface area contributed by atoms with Crippen molar-refractivity contribution in [1.82, 2.24) is 0 Å². The van der Waals surface area contributed by atoms with Crippen LogP contribution in [0.4, 0.5) is 0 Å². The third-order valence-corrected chi connectivity index (χ3v) is 3.22. The molecule has 0 aliphatic heterocycles. The van der Waals surface area contributed by atoms with Crippen molar-refractivity contribution in [1.29, 1.82) is 5.26 Å². The first-order chi connectivity index (χ1) is 6.91. The van der Waals surface area contributed by atoms with Crippen molar-refractivity contribution < 1.29 is 13.5 Å². The highest BCUT2D eigenvalue weighted by Crippen LogP contribution is 2.30. The van der Waals surface area contributed by atoms with Gasteiger partial charge in [0.1, 0.15) is 16.7 Å². The van der Waals surface area contributed by atoms with E-state index in [9.17, 15) is 13.5 Å². The number of phenolic OH excluding ortho intramolecular Hbond substituents is 1. The number of halogens is 1. The summed E-state index contributed by atoms with van der Waals surface area (Å²) in [4.78, 5) is -0.422. The van der Waals surface area contributed by atoms with E-state index in [4.69, 9.17) is 21.7 Å². The molecule has 0 atom stereocenters. The van der Waals surface area contributed by atoms with Crippen LogP contribution in [0.1, 0.15) is 11.1 Å². The Bertz CT molecular complexity index is 534. The lowest BCUT2D eigenvalue weighted by Gasteiger charge is -2.08. The van der Waals surface area contributed by atoms with Gasteiger partial charge in [-0.1, -0.05) is 0 Å². The monoisotopic (exact) mass is 246 g/mol. The predicted molar refractivity (Wildman–Crippen MR) is 53.8 cm³/mol. The fraction of sp³-hybridized carbons (Fsp3) is 0.125. The first kappa shape index (κ1) is 11.8. The lowest BCUT2D eigenvalue weighted by atomic mass is 10.1. The van der Waals surface area contributed by atoms with E-state index >= 15 is 0 Å². The number of nitrogens with two attached hydrogens (primary N) is 1. The van der Waals surface area contributed by atoms with Gasteiger partial charge in [0.05, 0.1) is 5.56 Å². The molecular weight excluding hydrogens is 240 g/mol. The molecule has 0 saturated carbocycles. The van der Waals surface area contributed by atoms with Crippen molar-refractivity contribution in [3.8, 4) is 11.8 Å². The number of benzene rings is 1. The van der Waals surface area contributed by atoms with Crippen LogP contribution in [-0.4, -0.2) is 13.5 Å². The first-order valence-electron chi connectivity index (χ1n) is 3.81. The maximum Gasteiger partial charge on any atom is 0.263 e. The third kappa shape index (κ3) is 2.21. The Hall–Kier alpha value is -1.29. The maximum atomic E-state index is 11.2. The summed E-state index contributed by atoms with van der Waals surface area (Å²) >= 11 is 0. The minimum atomic E-state index is -4.10. The fourth-order valence-corrected chi connectivity index (χ4v) is 2.57. The second-order valence-electron chi connectivity index (χ2n) is 2.69. The van der Waals surface area contributed by atoms with E-state index in [2.05, 4.69) is 0 Å². The number of nitrogens with zero attached hydrogens (tertiary/aromatic N) is 1. The molecular formula is C8H7ClN2O3S. The first-order valence-corrected chi connectivity index (χ1v) is 6.12. The summed E-state index contributed by atoms with van der Waals surface area (Å²) in [6.07, 6.45) is 0. The van der Waals surface area contributed by atoms with Crippen molar-refractivity contribution in [3.63, 3.8) is 0 Å². The van der Waals surface area contributed by atoms with Crippen LogP contribution in [0.15, 0.2) is 17.0 Å². The van der Waals surface area contributed by atoms with Crippen LogP contribution >= 0.6 is 10.7 Å². The maximum absolute atomic E-state index is 11.2. The van der Waals surface area contributed by atoms with Gasteiger partial charge in [0.2, 0.25) is 0 Å². The zero-order valence-corrected chi connectivity index (χ0v) is 9.01. The van der Waals surface area contributed by atoms with Crippen molar-refractivity contribution in [3.05, 3.63) is 23.3 Å². The van der Waals surface area contributed by atoms with Gasteiger partial charge in [0.25, 0.3) is 9.05 Å². The number of rotatable bonds is 2. The molecule has 0 radical (unpaired) electrons. The van der Waals surface area contributed by atoms with E-state index in [0.717, 1.165) is 0 Å². The Morgan fingerprint density at radius 3 is 2.53 bits per heavy atom. The Morgan fingerprint density at radius 1 is 1.53 bits per heavy atom. The molecule has 0 bridgehead atoms. The van der Waals surface area contributed by atoms with Gasteiger partial charge in [-0.2, -0.15) is 5.26 Å². The number of nitriles is 1. The summed E-state index contributed by atoms with van der Waals surface area (Å²) in [6, 6.07) is 4.04. The molecule has 0 aliphatic carbocycles. The van der Waals surface area contributed by atoms with Gasteiger partial charge >= 0.3 is 0 Å². The normalized spacial score (nSPS) is 11.0. The molecule has 0 aromatic heterocycles. The van der Waals surface area contributed by atoms with Crippen LogP contribution in [0, 0.1) is 11.3 Å². The average molecular weight is 247 g/mol. The number of phenols is 1. The summed E-state index contributed by atoms with van der Waals surface area (Å²) in [5.41, 5.74) is 5.09. The van der Waals surface area contributed by atoms with Gasteiger partial charge in [-0.15, -0.1) is 0 Å². The number of hydrogen-bond donors (Lipinski definition) is 2. The SMILES string of the molecule is N#Cc1ccc(O)c(CN)c1S(=O)(=O)Cl. The molecule has 0 spiro atoms. The Morgan fingerprint density at radius 2 is 2.13 bits per heavy atom. The van der Waals surface area contributed by atoms with Crippen LogP contribution < -0.4 is 5.73 Å². The highest BCUT2D eigenvalue weighted by molar-refractivity contribution is 8.13. The van der Waals surface area contributed by atoms with Gasteiger partial charge < -0.3 is 10.8 Å². The molecule has 7 heteroatoms. The molecule has 0 fully saturated rings. The molecule has 1 aromatic rings. The summed E-state index contributed by atoms with van der Waals surface area (Å²) in [5.74, 6) is -0.296. The molecule has 0 amide bonds. The van der Waals surface area contributed by atoms with Gasteiger partial charge in [-0.3, -0.25) is 0 Å². The number of aromatic hydroxyl groups is 1. The highest BCUT2D eigenvalue weighted by atomic mass is 35.7. The zero-order chi connectivity index (χ0) is 11.6. The van der Waals surface area contributed by atoms with Crippen LogP contribution in [-0.2, 0) is 15.6 Å². The summed E-state index contributed by atoms with van der Waals surface area (Å²) in [7, 11) is 1.05. The third-order valence-electron chi connectivity index (χ3n) is 1.80. The minimum Gasteiger partial charge on any atom is -0.508 e. The Kier molecular flexibility index (Phi) is 3.19. The standard InChI is InChI=1S/C8H7ClN2O3S/c9-15(13,14)8-5(3-10)1-2-7(12)6(8)4-11/h1-2,12H,4,11H2. The van der Waals surface area contributed by atoms with E-state index in [0.29, 0.717) is 0 Å². The molecule has 1 rings (SSSR count). The molecule has 3 N–H and O–H groups in total. The van der Waals surface area contributed by atoms with Gasteiger partial charge in [-0.05, 0) is 12.1 Å². The highest BCUT2D eigenvalue weighted by Gasteiger charge is 2.22. The van der Waals surface area contributed by atoms with Gasteiger partial charge in [0, 0.05) is 22.8 Å². The minimum absolute atomic E-state index is 0.0518. The zero-order valence-electron chi connectivity index (χ0n) is 7.44. The van der Waals surface area contributed by atoms with Crippen molar-refractivity contribution in [2.75, 3.05) is 0 Å². The molecule has 0 heterocycles. The lowest BCUT2D eigenvalue weighted by Crippen LogP contribution is -2.06. The van der Waals surface area contributed by atoms with Gasteiger partial charge in [-0.25, -0.2) is 8.42 Å². The van der Waals surface area contributed by atoms with Crippen molar-refractivity contribution in [2.45, 2.75) is 11.4 Å². The molecule has 0 saturated heterocycles. The smallest absolute Gasteiger partial charge is 0.263 e. The predicted octanol–water partition coefficient (Wildman–Crippen LogP) is 0.650. The fourth-order valence-electron chi connectivity index (χ4n) is 1.18. The molecule has 1 aromatic carbocycles. The summed E-state index contributed by atoms with van der Waals surface area (Å²) in [6.45, 7) is -0.220. The Labute approximate surface area is 91.1 Å². The van der Waals surface area contributed by atoms with E-state index < -0.39 is 13.9 Å². The topological polar surface area (TPSA) is 104 Å². The quantitative estimate of drug-likeness (QED) is 0.746. The molecule has 5 nitrogen and oxygen atoms in total. The average Bonchev–Trinajstić information content (AvgIpc) is 2.15. The van der Waals surface area contributed by atoms with Crippen LogP contribution in [0.5, 0.6) is 5.75 Å². The van der Waals surface area contributed by atoms with Crippen molar-refractivity contribution >= 4 is 19.7 Å². The largest absolute Gasteiger partial charge is 0.508 e. The van der Waals surface area contributed by atoms with E-state index in [-0.39, 0.29) is 23.4 Å². The summed E-state index contributed by atoms with van der Waals surface area (Å²) < 4.78 is 22.4. The Balaban J connectivity index is 3.73. The van der Waals surface area contributed by atoms with Crippen LogP contribution in [0.25, 0.3) is 0 Å². The van der Waals surface area contributed by atoms with E-state index in [1.54, 1.807) is 6.07 Å². The van der Waals surface area contributed by atoms with Crippen molar-refractivity contribution in [2.24, 2.45) is 5.73 Å². The second-order valence-corrected chi connectivity index (χ2v) is 5.20. The molecule has 0 aliphatic rings. The van der Waals surface area contributed by atoms with Crippen LogP contribution in [0.2, 0.25) is 0 Å². The van der Waals surface area contributed by atoms with Crippen LogP contribution in [0.3, 0.4) is 0 Å². The van der Waals surface area contributed by atoms with E-state index in [1.807, 2.05) is 0 Å². The van der Waals surface area contributed by atoms with E-state index in [1.165, 1.54) is 12.1 Å². The lowest BCUT2D eigenvalue weighted by molar-refractivity contribution is 0.465. The molecule has 0 unspecified atom stereocenters. The second kappa shape index (κ2) is 4.06. The number of hydrogen-bond acceptors (Lipinski definition) is 5. The molecule has 80 valence electrons. The van der Waals surface area contributed by atoms with Gasteiger partial charge in [0.15, 0.2) is 0 Å².